The summed E-state index contributed by atoms with van der Waals surface area (Å²) in [6.07, 6.45) is 3.41. The Balaban J connectivity index is 2.30. The summed E-state index contributed by atoms with van der Waals surface area (Å²) in [4.78, 5) is 0. The van der Waals surface area contributed by atoms with E-state index in [1.54, 1.807) is 0 Å². The van der Waals surface area contributed by atoms with Gasteiger partial charge in [0, 0.05) is 6.04 Å². The maximum absolute atomic E-state index is 5.78. The van der Waals surface area contributed by atoms with Crippen LogP contribution in [0.4, 0.5) is 0 Å². The molecule has 2 nitrogen and oxygen atoms in total. The molecule has 0 aliphatic rings. The molecule has 2 unspecified atom stereocenters. The van der Waals surface area contributed by atoms with Crippen molar-refractivity contribution in [3.8, 4) is 5.75 Å². The molecule has 1 aromatic rings. The van der Waals surface area contributed by atoms with Crippen molar-refractivity contribution in [3.05, 3.63) is 29.8 Å². The fourth-order valence-electron chi connectivity index (χ4n) is 1.97. The molecule has 0 saturated carbocycles. The molecule has 0 fully saturated rings. The maximum atomic E-state index is 5.78. The van der Waals surface area contributed by atoms with Crippen LogP contribution in [0.5, 0.6) is 5.75 Å². The molecule has 0 amide bonds. The molecule has 0 radical (unpaired) electrons. The minimum Gasteiger partial charge on any atom is -0.494 e. The highest BCUT2D eigenvalue weighted by molar-refractivity contribution is 5.29. The lowest BCUT2D eigenvalue weighted by Gasteiger charge is -2.14. The number of rotatable bonds is 9. The van der Waals surface area contributed by atoms with Crippen molar-refractivity contribution in [2.45, 2.75) is 58.9 Å². The monoisotopic (exact) mass is 263 g/mol. The standard InChI is InChI=1S/C17H29NO/c1-5-12-18-15(4)11-13-19-17-9-7-16(8-10-17)14(3)6-2/h7-10,14-15,18H,5-6,11-13H2,1-4H3. The van der Waals surface area contributed by atoms with Gasteiger partial charge in [0.1, 0.15) is 5.75 Å². The van der Waals surface area contributed by atoms with Gasteiger partial charge in [-0.1, -0.05) is 32.9 Å². The predicted molar refractivity (Wildman–Crippen MR) is 83.0 cm³/mol. The van der Waals surface area contributed by atoms with Crippen molar-refractivity contribution in [1.29, 1.82) is 0 Å². The van der Waals surface area contributed by atoms with Gasteiger partial charge in [-0.15, -0.1) is 0 Å². The molecule has 2 atom stereocenters. The van der Waals surface area contributed by atoms with Crippen LogP contribution in [-0.2, 0) is 0 Å². The summed E-state index contributed by atoms with van der Waals surface area (Å²) in [6.45, 7) is 10.8. The summed E-state index contributed by atoms with van der Waals surface area (Å²) >= 11 is 0. The zero-order chi connectivity index (χ0) is 14.1. The lowest BCUT2D eigenvalue weighted by molar-refractivity contribution is 0.290. The lowest BCUT2D eigenvalue weighted by atomic mass is 9.99. The van der Waals surface area contributed by atoms with Crippen LogP contribution in [0.1, 0.15) is 58.4 Å². The van der Waals surface area contributed by atoms with E-state index in [1.165, 1.54) is 18.4 Å². The molecule has 0 bridgehead atoms. The highest BCUT2D eigenvalue weighted by Crippen LogP contribution is 2.21. The Morgan fingerprint density at radius 3 is 2.37 bits per heavy atom. The Morgan fingerprint density at radius 2 is 1.79 bits per heavy atom. The highest BCUT2D eigenvalue weighted by Gasteiger charge is 2.04. The summed E-state index contributed by atoms with van der Waals surface area (Å²) in [7, 11) is 0. The second-order valence-corrected chi connectivity index (χ2v) is 5.37. The minimum absolute atomic E-state index is 0.527. The van der Waals surface area contributed by atoms with Crippen molar-refractivity contribution in [1.82, 2.24) is 5.32 Å². The van der Waals surface area contributed by atoms with E-state index < -0.39 is 0 Å². The van der Waals surface area contributed by atoms with Gasteiger partial charge in [0.25, 0.3) is 0 Å². The Bertz CT molecular complexity index is 334. The zero-order valence-corrected chi connectivity index (χ0v) is 12.9. The van der Waals surface area contributed by atoms with Gasteiger partial charge in [0.15, 0.2) is 0 Å². The summed E-state index contributed by atoms with van der Waals surface area (Å²) in [5, 5.41) is 3.47. The van der Waals surface area contributed by atoms with Gasteiger partial charge in [0.05, 0.1) is 6.61 Å². The van der Waals surface area contributed by atoms with Crippen molar-refractivity contribution >= 4 is 0 Å². The summed E-state index contributed by atoms with van der Waals surface area (Å²) in [5.74, 6) is 1.61. The van der Waals surface area contributed by atoms with E-state index in [-0.39, 0.29) is 0 Å². The molecule has 0 saturated heterocycles. The molecular formula is C17H29NO. The molecule has 108 valence electrons. The van der Waals surface area contributed by atoms with E-state index in [0.717, 1.165) is 25.3 Å². The first-order chi connectivity index (χ1) is 9.17. The molecule has 1 N–H and O–H groups in total. The summed E-state index contributed by atoms with van der Waals surface area (Å²) in [5.41, 5.74) is 1.40. The predicted octanol–water partition coefficient (Wildman–Crippen LogP) is 4.36. The van der Waals surface area contributed by atoms with Crippen molar-refractivity contribution in [3.63, 3.8) is 0 Å². The van der Waals surface area contributed by atoms with Crippen LogP contribution in [0.25, 0.3) is 0 Å². The Kier molecular flexibility index (Phi) is 7.57. The van der Waals surface area contributed by atoms with Gasteiger partial charge in [0.2, 0.25) is 0 Å². The smallest absolute Gasteiger partial charge is 0.119 e. The van der Waals surface area contributed by atoms with E-state index in [9.17, 15) is 0 Å². The van der Waals surface area contributed by atoms with Crippen LogP contribution in [-0.4, -0.2) is 19.2 Å². The molecule has 1 rings (SSSR count). The van der Waals surface area contributed by atoms with Gasteiger partial charge in [-0.3, -0.25) is 0 Å². The molecule has 0 aliphatic carbocycles. The Hall–Kier alpha value is -1.02. The number of hydrogen-bond acceptors (Lipinski definition) is 2. The molecule has 2 heteroatoms. The third-order valence-corrected chi connectivity index (χ3v) is 3.62. The number of nitrogens with one attached hydrogen (secondary N) is 1. The normalized spacial score (nSPS) is 14.1. The van der Waals surface area contributed by atoms with Gasteiger partial charge in [-0.25, -0.2) is 0 Å². The topological polar surface area (TPSA) is 21.3 Å². The van der Waals surface area contributed by atoms with Gasteiger partial charge >= 0.3 is 0 Å². The molecule has 0 heterocycles. The Morgan fingerprint density at radius 1 is 1.11 bits per heavy atom. The van der Waals surface area contributed by atoms with Crippen molar-refractivity contribution < 1.29 is 4.74 Å². The van der Waals surface area contributed by atoms with Crippen molar-refractivity contribution in [2.24, 2.45) is 0 Å². The van der Waals surface area contributed by atoms with Gasteiger partial charge < -0.3 is 10.1 Å². The van der Waals surface area contributed by atoms with Crippen LogP contribution < -0.4 is 10.1 Å². The fraction of sp³-hybridized carbons (Fsp3) is 0.647. The van der Waals surface area contributed by atoms with Crippen LogP contribution >= 0.6 is 0 Å². The number of hydrogen-bond donors (Lipinski definition) is 1. The third kappa shape index (κ3) is 6.11. The minimum atomic E-state index is 0.527. The quantitative estimate of drug-likeness (QED) is 0.715. The average Bonchev–Trinajstić information content (AvgIpc) is 2.45. The zero-order valence-electron chi connectivity index (χ0n) is 12.9. The average molecular weight is 263 g/mol. The van der Waals surface area contributed by atoms with Crippen LogP contribution in [0.3, 0.4) is 0 Å². The first-order valence-corrected chi connectivity index (χ1v) is 7.63. The van der Waals surface area contributed by atoms with E-state index in [4.69, 9.17) is 4.74 Å². The number of benzene rings is 1. The second kappa shape index (κ2) is 8.98. The lowest BCUT2D eigenvalue weighted by Crippen LogP contribution is -2.28. The van der Waals surface area contributed by atoms with E-state index in [2.05, 4.69) is 57.3 Å². The first kappa shape index (κ1) is 16.0. The number of ether oxygens (including phenoxy) is 1. The van der Waals surface area contributed by atoms with Gasteiger partial charge in [-0.2, -0.15) is 0 Å². The summed E-state index contributed by atoms with van der Waals surface area (Å²) < 4.78 is 5.78. The molecule has 1 aromatic carbocycles. The SMILES string of the molecule is CCCNC(C)CCOc1ccc(C(C)CC)cc1. The maximum Gasteiger partial charge on any atom is 0.119 e. The summed E-state index contributed by atoms with van der Waals surface area (Å²) in [6, 6.07) is 9.07. The molecule has 0 aromatic heterocycles. The van der Waals surface area contributed by atoms with Crippen molar-refractivity contribution in [2.75, 3.05) is 13.2 Å². The highest BCUT2D eigenvalue weighted by atomic mass is 16.5. The third-order valence-electron chi connectivity index (χ3n) is 3.62. The second-order valence-electron chi connectivity index (χ2n) is 5.37. The largest absolute Gasteiger partial charge is 0.494 e. The fourth-order valence-corrected chi connectivity index (χ4v) is 1.97. The molecule has 0 spiro atoms. The molecule has 19 heavy (non-hydrogen) atoms. The Labute approximate surface area is 118 Å². The van der Waals surface area contributed by atoms with E-state index in [1.807, 2.05) is 0 Å². The molecular weight excluding hydrogens is 234 g/mol. The van der Waals surface area contributed by atoms with Crippen LogP contribution in [0.15, 0.2) is 24.3 Å². The van der Waals surface area contributed by atoms with Crippen LogP contribution in [0, 0.1) is 0 Å². The van der Waals surface area contributed by atoms with E-state index >= 15 is 0 Å². The molecule has 0 aliphatic heterocycles. The van der Waals surface area contributed by atoms with E-state index in [0.29, 0.717) is 12.0 Å². The van der Waals surface area contributed by atoms with Gasteiger partial charge in [-0.05, 0) is 56.3 Å². The first-order valence-electron chi connectivity index (χ1n) is 7.63. The van der Waals surface area contributed by atoms with Crippen LogP contribution in [0.2, 0.25) is 0 Å².